The molecule has 1 fully saturated rings. The normalized spacial score (nSPS) is 28.0. The number of aromatic nitrogens is 2. The number of hydrogen-bond donors (Lipinski definition) is 1. The van der Waals surface area contributed by atoms with Gasteiger partial charge in [-0.15, -0.1) is 0 Å². The molecule has 4 heteroatoms. The van der Waals surface area contributed by atoms with Crippen molar-refractivity contribution in [1.82, 2.24) is 15.1 Å². The molecule has 22 heavy (non-hydrogen) atoms. The molecule has 1 aromatic carbocycles. The average molecular weight is 299 g/mol. The summed E-state index contributed by atoms with van der Waals surface area (Å²) < 4.78 is 5.47. The predicted octanol–water partition coefficient (Wildman–Crippen LogP) is 2.95. The number of rotatable bonds is 4. The minimum absolute atomic E-state index is 0.617. The van der Waals surface area contributed by atoms with Crippen LogP contribution in [-0.4, -0.2) is 47.9 Å². The number of ether oxygens (including phenoxy) is 1. The van der Waals surface area contributed by atoms with Gasteiger partial charge in [0.25, 0.3) is 0 Å². The first kappa shape index (κ1) is 14.2. The second kappa shape index (κ2) is 5.67. The number of fused-ring (bicyclic) bond motifs is 2. The summed E-state index contributed by atoms with van der Waals surface area (Å²) in [7, 11) is 1.83. The van der Waals surface area contributed by atoms with Gasteiger partial charge in [-0.25, -0.2) is 0 Å². The van der Waals surface area contributed by atoms with E-state index in [-0.39, 0.29) is 0 Å². The SMILES string of the molecule is CCCN1C[C@H](COC)CC2c3cccc4n[nH]c(c34)C[C@H]21. The van der Waals surface area contributed by atoms with Gasteiger partial charge in [-0.3, -0.25) is 10.00 Å². The molecule has 3 atom stereocenters. The van der Waals surface area contributed by atoms with Crippen molar-refractivity contribution in [1.29, 1.82) is 0 Å². The topological polar surface area (TPSA) is 41.1 Å². The highest BCUT2D eigenvalue weighted by molar-refractivity contribution is 5.86. The summed E-state index contributed by atoms with van der Waals surface area (Å²) in [6.07, 6.45) is 3.56. The molecule has 0 spiro atoms. The minimum Gasteiger partial charge on any atom is -0.384 e. The molecular weight excluding hydrogens is 274 g/mol. The fourth-order valence-electron chi connectivity index (χ4n) is 4.65. The van der Waals surface area contributed by atoms with E-state index >= 15 is 0 Å². The van der Waals surface area contributed by atoms with Gasteiger partial charge < -0.3 is 4.74 Å². The van der Waals surface area contributed by atoms with Gasteiger partial charge in [0.2, 0.25) is 0 Å². The number of benzene rings is 1. The number of methoxy groups -OCH3 is 1. The highest BCUT2D eigenvalue weighted by Gasteiger charge is 2.40. The molecule has 4 rings (SSSR count). The zero-order valence-electron chi connectivity index (χ0n) is 13.5. The van der Waals surface area contributed by atoms with Gasteiger partial charge in [0.1, 0.15) is 0 Å². The third-order valence-electron chi connectivity index (χ3n) is 5.43. The largest absolute Gasteiger partial charge is 0.384 e. The van der Waals surface area contributed by atoms with Crippen LogP contribution in [0.1, 0.15) is 36.9 Å². The van der Waals surface area contributed by atoms with Crippen molar-refractivity contribution in [2.24, 2.45) is 5.92 Å². The first-order valence-electron chi connectivity index (χ1n) is 8.50. The van der Waals surface area contributed by atoms with Crippen LogP contribution in [0.3, 0.4) is 0 Å². The molecular formula is C18H25N3O. The third kappa shape index (κ3) is 2.17. The second-order valence-corrected chi connectivity index (χ2v) is 6.87. The molecule has 1 unspecified atom stereocenters. The second-order valence-electron chi connectivity index (χ2n) is 6.87. The van der Waals surface area contributed by atoms with Crippen LogP contribution in [0.25, 0.3) is 10.9 Å². The standard InChI is InChI=1S/C18H25N3O/c1-3-7-21-10-12(11-22-2)8-14-13-5-4-6-15-18(13)16(20-19-15)9-17(14)21/h4-6,12,14,17H,3,7-11H2,1-2H3,(H,19,20)/t12-,14?,17-/m1/s1. The Balaban J connectivity index is 1.75. The Morgan fingerprint density at radius 3 is 3.14 bits per heavy atom. The molecule has 1 aliphatic carbocycles. The smallest absolute Gasteiger partial charge is 0.0926 e. The summed E-state index contributed by atoms with van der Waals surface area (Å²) >= 11 is 0. The van der Waals surface area contributed by atoms with E-state index in [1.807, 2.05) is 7.11 Å². The molecule has 2 heterocycles. The fourth-order valence-corrected chi connectivity index (χ4v) is 4.65. The molecule has 118 valence electrons. The van der Waals surface area contributed by atoms with E-state index in [9.17, 15) is 0 Å². The maximum Gasteiger partial charge on any atom is 0.0926 e. The number of nitrogens with one attached hydrogen (secondary N) is 1. The summed E-state index contributed by atoms with van der Waals surface area (Å²) in [6.45, 7) is 5.50. The van der Waals surface area contributed by atoms with E-state index in [0.29, 0.717) is 17.9 Å². The maximum atomic E-state index is 5.47. The minimum atomic E-state index is 0.617. The lowest BCUT2D eigenvalue weighted by Gasteiger charge is -2.46. The van der Waals surface area contributed by atoms with Crippen LogP contribution in [0, 0.1) is 5.92 Å². The van der Waals surface area contributed by atoms with Gasteiger partial charge in [-0.2, -0.15) is 5.10 Å². The quantitative estimate of drug-likeness (QED) is 0.943. The molecule has 0 saturated carbocycles. The van der Waals surface area contributed by atoms with Crippen LogP contribution in [0.2, 0.25) is 0 Å². The number of likely N-dealkylation sites (tertiary alicyclic amines) is 1. The number of piperidine rings is 1. The molecule has 1 saturated heterocycles. The van der Waals surface area contributed by atoms with E-state index in [1.54, 1.807) is 0 Å². The Morgan fingerprint density at radius 1 is 1.41 bits per heavy atom. The van der Waals surface area contributed by atoms with Crippen LogP contribution < -0.4 is 0 Å². The van der Waals surface area contributed by atoms with E-state index in [2.05, 4.69) is 40.2 Å². The summed E-state index contributed by atoms with van der Waals surface area (Å²) in [4.78, 5) is 2.69. The maximum absolute atomic E-state index is 5.47. The average Bonchev–Trinajstić information content (AvgIpc) is 2.94. The van der Waals surface area contributed by atoms with E-state index in [0.717, 1.165) is 18.5 Å². The molecule has 0 bridgehead atoms. The molecule has 1 N–H and O–H groups in total. The first-order valence-corrected chi connectivity index (χ1v) is 8.50. The molecule has 4 nitrogen and oxygen atoms in total. The van der Waals surface area contributed by atoms with Gasteiger partial charge in [0.15, 0.2) is 0 Å². The van der Waals surface area contributed by atoms with Gasteiger partial charge in [-0.1, -0.05) is 19.1 Å². The van der Waals surface area contributed by atoms with Crippen molar-refractivity contribution in [3.05, 3.63) is 29.5 Å². The number of nitrogens with zero attached hydrogens (tertiary/aromatic N) is 2. The summed E-state index contributed by atoms with van der Waals surface area (Å²) in [6, 6.07) is 7.22. The Hall–Kier alpha value is -1.39. The monoisotopic (exact) mass is 299 g/mol. The summed E-state index contributed by atoms with van der Waals surface area (Å²) in [5.74, 6) is 1.26. The first-order chi connectivity index (χ1) is 10.8. The van der Waals surface area contributed by atoms with Crippen molar-refractivity contribution >= 4 is 10.9 Å². The van der Waals surface area contributed by atoms with E-state index < -0.39 is 0 Å². The number of aromatic amines is 1. The molecule has 0 radical (unpaired) electrons. The van der Waals surface area contributed by atoms with Crippen molar-refractivity contribution in [3.8, 4) is 0 Å². The van der Waals surface area contributed by atoms with Gasteiger partial charge >= 0.3 is 0 Å². The van der Waals surface area contributed by atoms with Crippen LogP contribution >= 0.6 is 0 Å². The van der Waals surface area contributed by atoms with Gasteiger partial charge in [0.05, 0.1) is 12.1 Å². The predicted molar refractivity (Wildman–Crippen MR) is 88.2 cm³/mol. The summed E-state index contributed by atoms with van der Waals surface area (Å²) in [5, 5.41) is 9.18. The van der Waals surface area contributed by atoms with Crippen molar-refractivity contribution in [2.45, 2.75) is 38.1 Å². The van der Waals surface area contributed by atoms with Gasteiger partial charge in [0, 0.05) is 43.1 Å². The summed E-state index contributed by atoms with van der Waals surface area (Å²) in [5.41, 5.74) is 3.96. The Labute approximate surface area is 131 Å². The fraction of sp³-hybridized carbons (Fsp3) is 0.611. The number of H-pyrrole nitrogens is 1. The molecule has 2 aliphatic rings. The Bertz CT molecular complexity index is 665. The van der Waals surface area contributed by atoms with Crippen LogP contribution in [-0.2, 0) is 11.2 Å². The van der Waals surface area contributed by atoms with Crippen LogP contribution in [0.15, 0.2) is 18.2 Å². The van der Waals surface area contributed by atoms with Crippen LogP contribution in [0.5, 0.6) is 0 Å². The van der Waals surface area contributed by atoms with Crippen molar-refractivity contribution < 1.29 is 4.74 Å². The van der Waals surface area contributed by atoms with Crippen LogP contribution in [0.4, 0.5) is 0 Å². The number of hydrogen-bond acceptors (Lipinski definition) is 3. The highest BCUT2D eigenvalue weighted by atomic mass is 16.5. The molecule has 2 aromatic rings. The molecule has 1 aromatic heterocycles. The zero-order valence-corrected chi connectivity index (χ0v) is 13.5. The zero-order chi connectivity index (χ0) is 15.1. The van der Waals surface area contributed by atoms with Crippen molar-refractivity contribution in [3.63, 3.8) is 0 Å². The lowest BCUT2D eigenvalue weighted by Crippen LogP contribution is -2.51. The molecule has 0 amide bonds. The Kier molecular flexibility index (Phi) is 3.66. The third-order valence-corrected chi connectivity index (χ3v) is 5.43. The highest BCUT2D eigenvalue weighted by Crippen LogP contribution is 2.44. The lowest BCUT2D eigenvalue weighted by molar-refractivity contribution is 0.0424. The Morgan fingerprint density at radius 2 is 2.32 bits per heavy atom. The van der Waals surface area contributed by atoms with Crippen molar-refractivity contribution in [2.75, 3.05) is 26.8 Å². The molecule has 1 aliphatic heterocycles. The van der Waals surface area contributed by atoms with E-state index in [1.165, 1.54) is 42.6 Å². The lowest BCUT2D eigenvalue weighted by atomic mass is 9.73. The van der Waals surface area contributed by atoms with Gasteiger partial charge in [-0.05, 0) is 36.9 Å². The van der Waals surface area contributed by atoms with E-state index in [4.69, 9.17) is 4.74 Å².